The van der Waals surface area contributed by atoms with Crippen LogP contribution in [-0.4, -0.2) is 48.7 Å². The first-order chi connectivity index (χ1) is 13.6. The number of nitrogens with two attached hydrogens (primary N) is 1. The Kier molecular flexibility index (Phi) is 5.78. The zero-order chi connectivity index (χ0) is 21.3. The summed E-state index contributed by atoms with van der Waals surface area (Å²) < 4.78 is 33.0. The predicted octanol–water partition coefficient (Wildman–Crippen LogP) is 1.51. The summed E-state index contributed by atoms with van der Waals surface area (Å²) in [7, 11) is -3.81. The quantitative estimate of drug-likeness (QED) is 0.434. The van der Waals surface area contributed by atoms with Crippen LogP contribution in [0.2, 0.25) is 0 Å². The Bertz CT molecular complexity index is 1170. The molecule has 0 aliphatic carbocycles. The van der Waals surface area contributed by atoms with Crippen molar-refractivity contribution in [1.82, 2.24) is 14.7 Å². The average molecular weight is 420 g/mol. The molecule has 156 valence electrons. The summed E-state index contributed by atoms with van der Waals surface area (Å²) in [6, 6.07) is 6.19. The van der Waals surface area contributed by atoms with Crippen LogP contribution in [0.15, 0.2) is 29.2 Å². The number of aromatic amines is 1. The lowest BCUT2D eigenvalue weighted by atomic mass is 10.1. The maximum absolute atomic E-state index is 12.5. The van der Waals surface area contributed by atoms with Crippen LogP contribution in [0.1, 0.15) is 31.3 Å². The standard InChI is InChI=1S/C19H24N4O5S/c1-10(2)9-28-16-7-14-13-6-12(29(26,27)21-8-11(3)24)4-5-15(13)22-17(14)18(23-16)19(20)25/h4-7,10-11,21-22,24H,8-9H2,1-3H3,(H2,20,25). The molecule has 5 N–H and O–H groups in total. The molecule has 0 aliphatic rings. The van der Waals surface area contributed by atoms with Gasteiger partial charge in [0.15, 0.2) is 5.69 Å². The molecule has 9 nitrogen and oxygen atoms in total. The van der Waals surface area contributed by atoms with E-state index < -0.39 is 22.0 Å². The number of pyridine rings is 1. The van der Waals surface area contributed by atoms with Crippen LogP contribution in [-0.2, 0) is 10.0 Å². The van der Waals surface area contributed by atoms with E-state index in [2.05, 4.69) is 14.7 Å². The van der Waals surface area contributed by atoms with Crippen LogP contribution < -0.4 is 15.2 Å². The van der Waals surface area contributed by atoms with Crippen molar-refractivity contribution in [3.63, 3.8) is 0 Å². The number of hydrogen-bond donors (Lipinski definition) is 4. The van der Waals surface area contributed by atoms with Crippen molar-refractivity contribution < 1.29 is 23.1 Å². The van der Waals surface area contributed by atoms with Gasteiger partial charge in [0.1, 0.15) is 0 Å². The fourth-order valence-corrected chi connectivity index (χ4v) is 3.98. The third-order valence-corrected chi connectivity index (χ3v) is 5.64. The van der Waals surface area contributed by atoms with Crippen molar-refractivity contribution in [1.29, 1.82) is 0 Å². The molecule has 1 aromatic carbocycles. The lowest BCUT2D eigenvalue weighted by molar-refractivity contribution is 0.0996. The molecule has 0 aliphatic heterocycles. The van der Waals surface area contributed by atoms with E-state index in [1.165, 1.54) is 19.1 Å². The summed E-state index contributed by atoms with van der Waals surface area (Å²) in [5.74, 6) is -0.228. The summed E-state index contributed by atoms with van der Waals surface area (Å²) in [5.41, 5.74) is 6.55. The minimum atomic E-state index is -3.81. The van der Waals surface area contributed by atoms with E-state index in [4.69, 9.17) is 10.5 Å². The summed E-state index contributed by atoms with van der Waals surface area (Å²) in [4.78, 5) is 19.2. The van der Waals surface area contributed by atoms with Crippen molar-refractivity contribution in [2.24, 2.45) is 11.7 Å². The summed E-state index contributed by atoms with van der Waals surface area (Å²) >= 11 is 0. The number of fused-ring (bicyclic) bond motifs is 3. The molecule has 2 heterocycles. The maximum atomic E-state index is 12.5. The van der Waals surface area contributed by atoms with Gasteiger partial charge in [-0.2, -0.15) is 0 Å². The molecule has 0 saturated carbocycles. The topological polar surface area (TPSA) is 147 Å². The van der Waals surface area contributed by atoms with E-state index in [9.17, 15) is 18.3 Å². The minimum absolute atomic E-state index is 0.0223. The number of carbonyl (C=O) groups excluding carboxylic acids is 1. The fourth-order valence-electron chi connectivity index (χ4n) is 2.84. The van der Waals surface area contributed by atoms with Gasteiger partial charge in [-0.15, -0.1) is 0 Å². The fraction of sp³-hybridized carbons (Fsp3) is 0.368. The van der Waals surface area contributed by atoms with Crippen LogP contribution in [0.3, 0.4) is 0 Å². The van der Waals surface area contributed by atoms with Gasteiger partial charge in [0, 0.05) is 28.9 Å². The van der Waals surface area contributed by atoms with Crippen LogP contribution in [0, 0.1) is 5.92 Å². The maximum Gasteiger partial charge on any atom is 0.269 e. The van der Waals surface area contributed by atoms with Gasteiger partial charge in [0.25, 0.3) is 5.91 Å². The van der Waals surface area contributed by atoms with Gasteiger partial charge in [-0.25, -0.2) is 18.1 Å². The van der Waals surface area contributed by atoms with Gasteiger partial charge in [0.05, 0.1) is 23.1 Å². The van der Waals surface area contributed by atoms with E-state index in [-0.39, 0.29) is 28.9 Å². The zero-order valence-electron chi connectivity index (χ0n) is 16.4. The summed E-state index contributed by atoms with van der Waals surface area (Å²) in [6.07, 6.45) is -0.813. The molecule has 0 radical (unpaired) electrons. The Morgan fingerprint density at radius 3 is 2.62 bits per heavy atom. The third-order valence-electron chi connectivity index (χ3n) is 4.21. The monoisotopic (exact) mass is 420 g/mol. The Hall–Kier alpha value is -2.69. The normalized spacial score (nSPS) is 13.3. The minimum Gasteiger partial charge on any atom is -0.477 e. The first-order valence-electron chi connectivity index (χ1n) is 9.15. The molecule has 3 rings (SSSR count). The van der Waals surface area contributed by atoms with E-state index in [1.54, 1.807) is 12.1 Å². The molecule has 1 atom stereocenters. The van der Waals surface area contributed by atoms with Gasteiger partial charge in [-0.3, -0.25) is 4.79 Å². The molecule has 1 unspecified atom stereocenters. The first kappa shape index (κ1) is 21.0. The van der Waals surface area contributed by atoms with E-state index in [1.807, 2.05) is 13.8 Å². The second-order valence-corrected chi connectivity index (χ2v) is 9.10. The lowest BCUT2D eigenvalue weighted by Crippen LogP contribution is -2.30. The lowest BCUT2D eigenvalue weighted by Gasteiger charge is -2.09. The van der Waals surface area contributed by atoms with Crippen molar-refractivity contribution in [2.45, 2.75) is 31.8 Å². The number of nitrogens with one attached hydrogen (secondary N) is 2. The van der Waals surface area contributed by atoms with Crippen LogP contribution in [0.4, 0.5) is 0 Å². The molecule has 0 saturated heterocycles. The van der Waals surface area contributed by atoms with Crippen molar-refractivity contribution >= 4 is 37.7 Å². The van der Waals surface area contributed by atoms with Crippen molar-refractivity contribution in [3.8, 4) is 5.88 Å². The second-order valence-electron chi connectivity index (χ2n) is 7.33. The Labute approximate surface area is 168 Å². The first-order valence-corrected chi connectivity index (χ1v) is 10.6. The molecule has 29 heavy (non-hydrogen) atoms. The third kappa shape index (κ3) is 4.50. The number of aromatic nitrogens is 2. The van der Waals surface area contributed by atoms with Crippen LogP contribution >= 0.6 is 0 Å². The zero-order valence-corrected chi connectivity index (χ0v) is 17.2. The number of hydrogen-bond acceptors (Lipinski definition) is 6. The number of benzene rings is 1. The number of rotatable bonds is 8. The highest BCUT2D eigenvalue weighted by Gasteiger charge is 2.20. The van der Waals surface area contributed by atoms with Gasteiger partial charge in [-0.05, 0) is 31.0 Å². The number of carbonyl (C=O) groups is 1. The van der Waals surface area contributed by atoms with Gasteiger partial charge in [0.2, 0.25) is 15.9 Å². The molecule has 10 heteroatoms. The van der Waals surface area contributed by atoms with Crippen LogP contribution in [0.25, 0.3) is 21.8 Å². The van der Waals surface area contributed by atoms with Gasteiger partial charge in [-0.1, -0.05) is 13.8 Å². The van der Waals surface area contributed by atoms with Crippen molar-refractivity contribution in [2.75, 3.05) is 13.2 Å². The molecule has 0 spiro atoms. The summed E-state index contributed by atoms with van der Waals surface area (Å²) in [6.45, 7) is 5.76. The number of nitrogens with zero attached hydrogens (tertiary/aromatic N) is 1. The Balaban J connectivity index is 2.16. The Morgan fingerprint density at radius 2 is 2.00 bits per heavy atom. The predicted molar refractivity (Wildman–Crippen MR) is 109 cm³/mol. The summed E-state index contributed by atoms with van der Waals surface area (Å²) in [5, 5.41) is 10.5. The number of aliphatic hydroxyl groups is 1. The number of primary amides is 1. The molecule has 2 aromatic heterocycles. The smallest absolute Gasteiger partial charge is 0.269 e. The molecule has 0 fully saturated rings. The average Bonchev–Trinajstić information content (AvgIpc) is 3.01. The van der Waals surface area contributed by atoms with E-state index >= 15 is 0 Å². The number of sulfonamides is 1. The number of aliphatic hydroxyl groups excluding tert-OH is 1. The Morgan fingerprint density at radius 1 is 1.28 bits per heavy atom. The van der Waals surface area contributed by atoms with Gasteiger partial charge < -0.3 is 20.6 Å². The van der Waals surface area contributed by atoms with Gasteiger partial charge >= 0.3 is 0 Å². The highest BCUT2D eigenvalue weighted by Crippen LogP contribution is 2.31. The second kappa shape index (κ2) is 7.97. The molecule has 1 amide bonds. The molecule has 3 aromatic rings. The van der Waals surface area contributed by atoms with E-state index in [0.29, 0.717) is 28.4 Å². The number of amides is 1. The van der Waals surface area contributed by atoms with Crippen LogP contribution in [0.5, 0.6) is 5.88 Å². The SMILES string of the molecule is CC(C)COc1cc2c([nH]c3ccc(S(=O)(=O)NCC(C)O)cc32)c(C(N)=O)n1. The van der Waals surface area contributed by atoms with E-state index in [0.717, 1.165) is 0 Å². The number of H-pyrrole nitrogens is 1. The highest BCUT2D eigenvalue weighted by molar-refractivity contribution is 7.89. The number of ether oxygens (including phenoxy) is 1. The largest absolute Gasteiger partial charge is 0.477 e. The molecule has 0 bridgehead atoms. The molecular weight excluding hydrogens is 396 g/mol. The highest BCUT2D eigenvalue weighted by atomic mass is 32.2. The molecular formula is C19H24N4O5S. The van der Waals surface area contributed by atoms with Crippen molar-refractivity contribution in [3.05, 3.63) is 30.0 Å².